The molecule has 0 aromatic heterocycles. The lowest BCUT2D eigenvalue weighted by Gasteiger charge is -2.37. The number of hydrogen-bond acceptors (Lipinski definition) is 5. The van der Waals surface area contributed by atoms with E-state index in [2.05, 4.69) is 53.6 Å². The summed E-state index contributed by atoms with van der Waals surface area (Å²) in [6, 6.07) is 0. The summed E-state index contributed by atoms with van der Waals surface area (Å²) in [7, 11) is -1.95. The van der Waals surface area contributed by atoms with Crippen LogP contribution >= 0.6 is 0 Å². The summed E-state index contributed by atoms with van der Waals surface area (Å²) in [6.45, 7) is 27.0. The molecule has 4 atom stereocenters. The van der Waals surface area contributed by atoms with E-state index in [1.165, 1.54) is 11.6 Å². The third-order valence-corrected chi connectivity index (χ3v) is 11.3. The molecule has 0 bridgehead atoms. The molecule has 1 fully saturated rings. The van der Waals surface area contributed by atoms with Crippen LogP contribution in [-0.2, 0) is 18.7 Å². The number of ether oxygens (including phenoxy) is 2. The highest BCUT2D eigenvalue weighted by Crippen LogP contribution is 2.36. The van der Waals surface area contributed by atoms with E-state index in [0.29, 0.717) is 19.4 Å². The van der Waals surface area contributed by atoms with Crippen LogP contribution in [0.3, 0.4) is 0 Å². The average Bonchev–Trinajstić information content (AvgIpc) is 2.75. The third kappa shape index (κ3) is 13.4. The van der Waals surface area contributed by atoms with E-state index < -0.39 is 20.4 Å². The Kier molecular flexibility index (Phi) is 13.8. The van der Waals surface area contributed by atoms with Crippen molar-refractivity contribution in [1.82, 2.24) is 0 Å². The van der Waals surface area contributed by atoms with Crippen LogP contribution in [0.5, 0.6) is 0 Å². The van der Waals surface area contributed by atoms with Gasteiger partial charge < -0.3 is 19.0 Å². The maximum absolute atomic E-state index is 12.4. The zero-order valence-corrected chi connectivity index (χ0v) is 25.2. The van der Waals surface area contributed by atoms with Gasteiger partial charge in [0.1, 0.15) is 6.10 Å². The van der Waals surface area contributed by atoms with Crippen LogP contribution in [0.15, 0.2) is 72.9 Å². The highest BCUT2D eigenvalue weighted by molar-refractivity contribution is 6.74. The van der Waals surface area contributed by atoms with Gasteiger partial charge in [0.25, 0.3) is 0 Å². The molecular weight excluding hydrogens is 480 g/mol. The molecule has 0 radical (unpaired) electrons. The number of hydrogen-bond donors (Lipinski definition) is 1. The first-order valence-electron chi connectivity index (χ1n) is 13.2. The molecule has 1 aliphatic heterocycles. The number of aliphatic hydroxyl groups excluding tert-OH is 1. The van der Waals surface area contributed by atoms with Gasteiger partial charge in [-0.25, -0.2) is 4.79 Å². The van der Waals surface area contributed by atoms with Crippen molar-refractivity contribution >= 4 is 14.3 Å². The molecule has 0 aromatic rings. The quantitative estimate of drug-likeness (QED) is 0.0835. The molecule has 0 aliphatic carbocycles. The maximum Gasteiger partial charge on any atom is 0.331 e. The Morgan fingerprint density at radius 3 is 2.51 bits per heavy atom. The fraction of sp³-hybridized carbons (Fsp3) is 0.581. The highest BCUT2D eigenvalue weighted by Gasteiger charge is 2.37. The van der Waals surface area contributed by atoms with Gasteiger partial charge in [0, 0.05) is 12.5 Å². The molecular formula is C31H50O5Si. The van der Waals surface area contributed by atoms with Crippen molar-refractivity contribution in [1.29, 1.82) is 0 Å². The molecule has 0 amide bonds. The molecule has 5 nitrogen and oxygen atoms in total. The SMILES string of the molecule is C=C[C@@H]1CC(=C)C[C@H](C/C=C/[C@@H](O)C/C(C)=C\C=C\C(=O)O[C@H](CO[Si](C)(C)C(C)(C)C)CC(=C)C)O1. The topological polar surface area (TPSA) is 65.0 Å². The molecule has 1 rings (SSSR count). The van der Waals surface area contributed by atoms with Crippen LogP contribution in [0.2, 0.25) is 18.1 Å². The van der Waals surface area contributed by atoms with Crippen LogP contribution in [-0.4, -0.2) is 50.4 Å². The smallest absolute Gasteiger partial charge is 0.331 e. The molecule has 1 heterocycles. The molecule has 208 valence electrons. The van der Waals surface area contributed by atoms with Gasteiger partial charge in [0.05, 0.1) is 24.9 Å². The van der Waals surface area contributed by atoms with Crippen molar-refractivity contribution in [3.8, 4) is 0 Å². The monoisotopic (exact) mass is 530 g/mol. The van der Waals surface area contributed by atoms with Gasteiger partial charge in [-0.05, 0) is 57.7 Å². The summed E-state index contributed by atoms with van der Waals surface area (Å²) < 4.78 is 17.9. The average molecular weight is 531 g/mol. The van der Waals surface area contributed by atoms with Crippen molar-refractivity contribution in [3.05, 3.63) is 72.9 Å². The van der Waals surface area contributed by atoms with E-state index in [1.807, 2.05) is 32.1 Å². The lowest BCUT2D eigenvalue weighted by atomic mass is 9.97. The van der Waals surface area contributed by atoms with Crippen molar-refractivity contribution in [2.24, 2.45) is 0 Å². The minimum Gasteiger partial charge on any atom is -0.456 e. The van der Waals surface area contributed by atoms with Gasteiger partial charge in [-0.1, -0.05) is 74.4 Å². The van der Waals surface area contributed by atoms with E-state index in [1.54, 1.807) is 12.2 Å². The Balaban J connectivity index is 2.55. The Labute approximate surface area is 226 Å². The van der Waals surface area contributed by atoms with Gasteiger partial charge in [0.2, 0.25) is 0 Å². The van der Waals surface area contributed by atoms with Gasteiger partial charge in [-0.15, -0.1) is 13.2 Å². The normalized spacial score (nSPS) is 21.3. The largest absolute Gasteiger partial charge is 0.456 e. The van der Waals surface area contributed by atoms with Crippen molar-refractivity contribution in [2.45, 2.75) is 109 Å². The summed E-state index contributed by atoms with van der Waals surface area (Å²) in [5.74, 6) is -0.415. The van der Waals surface area contributed by atoms with Crippen molar-refractivity contribution in [3.63, 3.8) is 0 Å². The van der Waals surface area contributed by atoms with Gasteiger partial charge >= 0.3 is 5.97 Å². The second kappa shape index (κ2) is 15.4. The summed E-state index contributed by atoms with van der Waals surface area (Å²) in [5.41, 5.74) is 3.07. The predicted molar refractivity (Wildman–Crippen MR) is 157 cm³/mol. The first kappa shape index (κ1) is 33.0. The number of carbonyl (C=O) groups is 1. The van der Waals surface area contributed by atoms with Crippen molar-refractivity contribution < 1.29 is 23.8 Å². The summed E-state index contributed by atoms with van der Waals surface area (Å²) >= 11 is 0. The van der Waals surface area contributed by atoms with Crippen LogP contribution in [0.25, 0.3) is 0 Å². The minimum absolute atomic E-state index is 0.0222. The second-order valence-electron chi connectivity index (χ2n) is 11.8. The summed E-state index contributed by atoms with van der Waals surface area (Å²) in [5, 5.41) is 10.4. The molecule has 1 N–H and O–H groups in total. The fourth-order valence-corrected chi connectivity index (χ4v) is 4.74. The first-order chi connectivity index (χ1) is 17.1. The van der Waals surface area contributed by atoms with Crippen LogP contribution in [0.1, 0.15) is 66.7 Å². The lowest BCUT2D eigenvalue weighted by molar-refractivity contribution is -0.144. The minimum atomic E-state index is -1.95. The van der Waals surface area contributed by atoms with Crippen LogP contribution in [0.4, 0.5) is 0 Å². The Bertz CT molecular complexity index is 875. The first-order valence-corrected chi connectivity index (χ1v) is 16.2. The number of allylic oxidation sites excluding steroid dienone is 2. The Morgan fingerprint density at radius 1 is 1.24 bits per heavy atom. The van der Waals surface area contributed by atoms with E-state index in [-0.39, 0.29) is 23.4 Å². The molecule has 0 unspecified atom stereocenters. The summed E-state index contributed by atoms with van der Waals surface area (Å²) in [4.78, 5) is 12.4. The number of carbonyl (C=O) groups excluding carboxylic acids is 1. The van der Waals surface area contributed by atoms with E-state index >= 15 is 0 Å². The van der Waals surface area contributed by atoms with E-state index in [4.69, 9.17) is 13.9 Å². The summed E-state index contributed by atoms with van der Waals surface area (Å²) in [6.07, 6.45) is 13.0. The van der Waals surface area contributed by atoms with Crippen molar-refractivity contribution in [2.75, 3.05) is 6.61 Å². The van der Waals surface area contributed by atoms with Crippen LogP contribution in [0, 0.1) is 0 Å². The lowest BCUT2D eigenvalue weighted by Crippen LogP contribution is -2.43. The number of rotatable bonds is 14. The van der Waals surface area contributed by atoms with Crippen LogP contribution < -0.4 is 0 Å². The molecule has 1 aliphatic rings. The standard InChI is InChI=1S/C31H50O5Si/c1-11-27-20-25(5)21-28(35-27)16-13-15-26(32)19-24(4)14-12-17-30(33)36-29(18-23(2)3)22-34-37(9,10)31(6,7)8/h11-15,17,26-29,32H,1-2,5,16,18-22H2,3-4,6-10H3/b15-13+,17-12+,24-14-/t26-,27-,28+,29+/m1/s1. The molecule has 0 saturated carbocycles. The molecule has 1 saturated heterocycles. The second-order valence-corrected chi connectivity index (χ2v) is 16.6. The molecule has 0 aromatic carbocycles. The predicted octanol–water partition coefficient (Wildman–Crippen LogP) is 7.38. The third-order valence-electron chi connectivity index (χ3n) is 6.83. The van der Waals surface area contributed by atoms with E-state index in [0.717, 1.165) is 30.4 Å². The van der Waals surface area contributed by atoms with Gasteiger partial charge in [0.15, 0.2) is 8.32 Å². The maximum atomic E-state index is 12.4. The molecule has 6 heteroatoms. The molecule has 37 heavy (non-hydrogen) atoms. The van der Waals surface area contributed by atoms with Gasteiger partial charge in [-0.3, -0.25) is 0 Å². The van der Waals surface area contributed by atoms with E-state index in [9.17, 15) is 9.90 Å². The molecule has 0 spiro atoms. The zero-order chi connectivity index (χ0) is 28.2. The Morgan fingerprint density at radius 2 is 1.92 bits per heavy atom. The zero-order valence-electron chi connectivity index (χ0n) is 24.2. The van der Waals surface area contributed by atoms with Gasteiger partial charge in [-0.2, -0.15) is 0 Å². The Hall–Kier alpha value is -1.99. The number of aliphatic hydroxyl groups is 1. The number of esters is 1. The highest BCUT2D eigenvalue weighted by atomic mass is 28.4. The fourth-order valence-electron chi connectivity index (χ4n) is 3.70.